The van der Waals surface area contributed by atoms with Crippen LogP contribution in [0.25, 0.3) is 0 Å². The molecule has 0 saturated heterocycles. The highest BCUT2D eigenvalue weighted by Crippen LogP contribution is 2.10. The topological polar surface area (TPSA) is 56.3 Å². The number of rotatable bonds is 6. The van der Waals surface area contributed by atoms with Gasteiger partial charge in [-0.05, 0) is 12.1 Å². The van der Waals surface area contributed by atoms with Gasteiger partial charge in [-0.3, -0.25) is 4.98 Å². The molecule has 4 nitrogen and oxygen atoms in total. The highest BCUT2D eigenvalue weighted by molar-refractivity contribution is 9.08. The first kappa shape index (κ1) is 13.4. The van der Waals surface area contributed by atoms with Crippen LogP contribution < -0.4 is 4.74 Å². The zero-order chi connectivity index (χ0) is 12.0. The molecule has 0 fully saturated rings. The summed E-state index contributed by atoms with van der Waals surface area (Å²) in [5.74, 6) is 0.789. The first-order valence-electron chi connectivity index (χ1n) is 4.91. The number of aromatic nitrogens is 1. The lowest BCUT2D eigenvalue weighted by molar-refractivity contribution is 0.339. The van der Waals surface area contributed by atoms with Gasteiger partial charge in [0.25, 0.3) is 0 Å². The molecule has 16 heavy (non-hydrogen) atoms. The molecule has 1 aromatic heterocycles. The fourth-order valence-corrected chi connectivity index (χ4v) is 1.96. The van der Waals surface area contributed by atoms with Crippen molar-refractivity contribution in [2.24, 2.45) is 0 Å². The number of hydrogen-bond donors (Lipinski definition) is 0. The van der Waals surface area contributed by atoms with Crippen LogP contribution in [0, 0.1) is 0 Å². The summed E-state index contributed by atoms with van der Waals surface area (Å²) >= 11 is 3.29. The van der Waals surface area contributed by atoms with Gasteiger partial charge in [-0.25, -0.2) is 8.42 Å². The van der Waals surface area contributed by atoms with Gasteiger partial charge in [-0.2, -0.15) is 0 Å². The number of alkyl halides is 1. The third kappa shape index (κ3) is 4.49. The number of sulfone groups is 1. The standard InChI is InChI=1S/C10H14BrNO3S/c1-2-16(13,14)6-5-15-10-4-3-9(7-11)12-8-10/h3-4,8H,2,5-7H2,1H3. The van der Waals surface area contributed by atoms with Crippen LogP contribution in [0.2, 0.25) is 0 Å². The Hall–Kier alpha value is -0.620. The lowest BCUT2D eigenvalue weighted by Gasteiger charge is -2.05. The summed E-state index contributed by atoms with van der Waals surface area (Å²) in [5, 5.41) is 0.692. The van der Waals surface area contributed by atoms with Crippen LogP contribution in [-0.4, -0.2) is 31.5 Å². The number of hydrogen-bond acceptors (Lipinski definition) is 4. The molecule has 6 heteroatoms. The van der Waals surface area contributed by atoms with E-state index in [1.165, 1.54) is 0 Å². The van der Waals surface area contributed by atoms with E-state index < -0.39 is 9.84 Å². The zero-order valence-electron chi connectivity index (χ0n) is 9.02. The molecule has 0 atom stereocenters. The van der Waals surface area contributed by atoms with E-state index in [1.807, 2.05) is 6.07 Å². The van der Waals surface area contributed by atoms with Crippen LogP contribution in [0.1, 0.15) is 12.6 Å². The summed E-state index contributed by atoms with van der Waals surface area (Å²) < 4.78 is 27.7. The van der Waals surface area contributed by atoms with Crippen molar-refractivity contribution < 1.29 is 13.2 Å². The van der Waals surface area contributed by atoms with Crippen molar-refractivity contribution in [2.75, 3.05) is 18.1 Å². The maximum Gasteiger partial charge on any atom is 0.153 e. The SMILES string of the molecule is CCS(=O)(=O)CCOc1ccc(CBr)nc1. The van der Waals surface area contributed by atoms with Gasteiger partial charge in [0.2, 0.25) is 0 Å². The summed E-state index contributed by atoms with van der Waals surface area (Å²) in [4.78, 5) is 4.11. The molecule has 0 aliphatic carbocycles. The van der Waals surface area contributed by atoms with Crippen LogP contribution in [0.4, 0.5) is 0 Å². The van der Waals surface area contributed by atoms with Gasteiger partial charge >= 0.3 is 0 Å². The maximum atomic E-state index is 11.2. The minimum Gasteiger partial charge on any atom is -0.491 e. The van der Waals surface area contributed by atoms with Crippen molar-refractivity contribution in [1.29, 1.82) is 0 Å². The maximum absolute atomic E-state index is 11.2. The summed E-state index contributed by atoms with van der Waals surface area (Å²) in [6, 6.07) is 3.61. The molecule has 0 aliphatic heterocycles. The second-order valence-electron chi connectivity index (χ2n) is 3.20. The Bertz CT molecular complexity index is 416. The van der Waals surface area contributed by atoms with E-state index in [0.717, 1.165) is 5.69 Å². The average molecular weight is 308 g/mol. The summed E-state index contributed by atoms with van der Waals surface area (Å²) in [7, 11) is -2.96. The van der Waals surface area contributed by atoms with Crippen molar-refractivity contribution in [3.05, 3.63) is 24.0 Å². The first-order valence-corrected chi connectivity index (χ1v) is 7.86. The molecular weight excluding hydrogens is 294 g/mol. The third-order valence-corrected chi connectivity index (χ3v) is 4.28. The molecule has 1 heterocycles. The van der Waals surface area contributed by atoms with Crippen molar-refractivity contribution in [2.45, 2.75) is 12.3 Å². The van der Waals surface area contributed by atoms with Gasteiger partial charge in [-0.1, -0.05) is 22.9 Å². The number of nitrogens with zero attached hydrogens (tertiary/aromatic N) is 1. The molecule has 1 aromatic rings. The number of halogens is 1. The minimum absolute atomic E-state index is 0.0453. The molecule has 0 amide bonds. The van der Waals surface area contributed by atoms with Crippen molar-refractivity contribution >= 4 is 25.8 Å². The molecule has 0 radical (unpaired) electrons. The second kappa shape index (κ2) is 6.20. The lowest BCUT2D eigenvalue weighted by atomic mass is 10.4. The van der Waals surface area contributed by atoms with Gasteiger partial charge in [0, 0.05) is 11.1 Å². The fraction of sp³-hybridized carbons (Fsp3) is 0.500. The van der Waals surface area contributed by atoms with Crippen LogP contribution >= 0.6 is 15.9 Å². The van der Waals surface area contributed by atoms with Gasteiger partial charge in [0.05, 0.1) is 17.6 Å². The van der Waals surface area contributed by atoms with E-state index in [9.17, 15) is 8.42 Å². The van der Waals surface area contributed by atoms with Gasteiger partial charge in [-0.15, -0.1) is 0 Å². The summed E-state index contributed by atoms with van der Waals surface area (Å²) in [6.45, 7) is 1.80. The van der Waals surface area contributed by atoms with Crippen LogP contribution in [0.5, 0.6) is 5.75 Å². The molecule has 0 unspecified atom stereocenters. The van der Waals surface area contributed by atoms with E-state index in [-0.39, 0.29) is 18.1 Å². The minimum atomic E-state index is -2.96. The van der Waals surface area contributed by atoms with E-state index in [1.54, 1.807) is 19.2 Å². The Morgan fingerprint density at radius 1 is 1.44 bits per heavy atom. The highest BCUT2D eigenvalue weighted by Gasteiger charge is 2.07. The van der Waals surface area contributed by atoms with Gasteiger partial charge in [0.1, 0.15) is 12.4 Å². The Morgan fingerprint density at radius 3 is 2.69 bits per heavy atom. The van der Waals surface area contributed by atoms with Crippen molar-refractivity contribution in [3.63, 3.8) is 0 Å². The average Bonchev–Trinajstić information content (AvgIpc) is 2.30. The molecule has 0 N–H and O–H groups in total. The lowest BCUT2D eigenvalue weighted by Crippen LogP contribution is -2.15. The smallest absolute Gasteiger partial charge is 0.153 e. The number of ether oxygens (including phenoxy) is 1. The Morgan fingerprint density at radius 2 is 2.19 bits per heavy atom. The molecule has 90 valence electrons. The predicted molar refractivity (Wildman–Crippen MR) is 66.7 cm³/mol. The normalized spacial score (nSPS) is 11.4. The highest BCUT2D eigenvalue weighted by atomic mass is 79.9. The molecule has 0 aromatic carbocycles. The Balaban J connectivity index is 2.43. The van der Waals surface area contributed by atoms with E-state index in [0.29, 0.717) is 11.1 Å². The van der Waals surface area contributed by atoms with E-state index in [2.05, 4.69) is 20.9 Å². The van der Waals surface area contributed by atoms with Crippen LogP contribution in [-0.2, 0) is 15.2 Å². The van der Waals surface area contributed by atoms with Crippen LogP contribution in [0.15, 0.2) is 18.3 Å². The van der Waals surface area contributed by atoms with Crippen molar-refractivity contribution in [1.82, 2.24) is 4.98 Å². The molecule has 1 rings (SSSR count). The molecular formula is C10H14BrNO3S. The van der Waals surface area contributed by atoms with Crippen molar-refractivity contribution in [3.8, 4) is 5.75 Å². The molecule has 0 spiro atoms. The monoisotopic (exact) mass is 307 g/mol. The first-order chi connectivity index (χ1) is 7.57. The van der Waals surface area contributed by atoms with Gasteiger partial charge in [0.15, 0.2) is 9.84 Å². The Labute approximate surface area is 104 Å². The summed E-state index contributed by atoms with van der Waals surface area (Å²) in [5.41, 5.74) is 0.911. The Kier molecular flexibility index (Phi) is 5.21. The zero-order valence-corrected chi connectivity index (χ0v) is 11.4. The quantitative estimate of drug-likeness (QED) is 0.752. The molecule has 0 bridgehead atoms. The third-order valence-electron chi connectivity index (χ3n) is 2.04. The largest absolute Gasteiger partial charge is 0.491 e. The van der Waals surface area contributed by atoms with Gasteiger partial charge < -0.3 is 4.74 Å². The van der Waals surface area contributed by atoms with Crippen LogP contribution in [0.3, 0.4) is 0 Å². The fourth-order valence-electron chi connectivity index (χ4n) is 1.01. The van der Waals surface area contributed by atoms with E-state index >= 15 is 0 Å². The summed E-state index contributed by atoms with van der Waals surface area (Å²) in [6.07, 6.45) is 1.59. The second-order valence-corrected chi connectivity index (χ2v) is 6.24. The predicted octanol–water partition coefficient (Wildman–Crippen LogP) is 1.79. The molecule has 0 aliphatic rings. The number of pyridine rings is 1. The van der Waals surface area contributed by atoms with E-state index in [4.69, 9.17) is 4.74 Å². The molecule has 0 saturated carbocycles.